The molecular formula is C17H15N5OS. The number of aromatic nitrogens is 4. The van der Waals surface area contributed by atoms with Gasteiger partial charge in [-0.05, 0) is 37.3 Å². The highest BCUT2D eigenvalue weighted by Crippen LogP contribution is 2.21. The van der Waals surface area contributed by atoms with Crippen molar-refractivity contribution >= 4 is 29.3 Å². The predicted molar refractivity (Wildman–Crippen MR) is 95.7 cm³/mol. The third-order valence-corrected chi connectivity index (χ3v) is 4.13. The van der Waals surface area contributed by atoms with Crippen LogP contribution < -0.4 is 0 Å². The molecule has 0 aliphatic heterocycles. The molecule has 0 amide bonds. The third-order valence-electron chi connectivity index (χ3n) is 3.86. The van der Waals surface area contributed by atoms with E-state index in [1.807, 2.05) is 18.2 Å². The Hall–Kier alpha value is -2.93. The summed E-state index contributed by atoms with van der Waals surface area (Å²) in [5, 5.41) is 12.6. The smallest absolute Gasteiger partial charge is 0.219 e. The zero-order chi connectivity index (χ0) is 16.5. The van der Waals surface area contributed by atoms with Gasteiger partial charge in [0.25, 0.3) is 0 Å². The van der Waals surface area contributed by atoms with Crippen molar-refractivity contribution in [1.82, 2.24) is 19.4 Å². The number of H-pyrrole nitrogens is 1. The number of fused-ring (bicyclic) bond motifs is 1. The molecule has 0 radical (unpaired) electrons. The molecule has 0 unspecified atom stereocenters. The number of aryl methyl sites for hydroxylation is 1. The average molecular weight is 337 g/mol. The molecule has 4 aromatic rings. The van der Waals surface area contributed by atoms with Crippen molar-refractivity contribution in [3.63, 3.8) is 0 Å². The fraction of sp³-hybridized carbons (Fsp3) is 0.118. The summed E-state index contributed by atoms with van der Waals surface area (Å²) in [6, 6.07) is 11.9. The molecule has 1 aromatic carbocycles. The van der Waals surface area contributed by atoms with E-state index < -0.39 is 0 Å². The first-order valence-electron chi connectivity index (χ1n) is 7.61. The Morgan fingerprint density at radius 1 is 1.29 bits per heavy atom. The van der Waals surface area contributed by atoms with Gasteiger partial charge in [-0.1, -0.05) is 18.2 Å². The van der Waals surface area contributed by atoms with Gasteiger partial charge in [-0.15, -0.1) is 5.10 Å². The van der Waals surface area contributed by atoms with Gasteiger partial charge >= 0.3 is 0 Å². The minimum atomic E-state index is 0.414. The maximum Gasteiger partial charge on any atom is 0.219 e. The molecule has 1 N–H and O–H groups in total. The molecule has 0 fully saturated rings. The monoisotopic (exact) mass is 337 g/mol. The molecule has 3 aromatic heterocycles. The lowest BCUT2D eigenvalue weighted by atomic mass is 10.2. The van der Waals surface area contributed by atoms with E-state index in [1.54, 1.807) is 23.2 Å². The van der Waals surface area contributed by atoms with E-state index >= 15 is 0 Å². The van der Waals surface area contributed by atoms with Crippen molar-refractivity contribution in [2.24, 2.45) is 5.10 Å². The fourth-order valence-electron chi connectivity index (χ4n) is 2.72. The van der Waals surface area contributed by atoms with Crippen LogP contribution in [0.1, 0.15) is 12.5 Å². The third kappa shape index (κ3) is 2.39. The van der Waals surface area contributed by atoms with Gasteiger partial charge in [0.1, 0.15) is 0 Å². The first-order valence-corrected chi connectivity index (χ1v) is 8.02. The normalized spacial score (nSPS) is 11.7. The summed E-state index contributed by atoms with van der Waals surface area (Å²) in [6.45, 7) is 3.02. The SMILES string of the molecule is CCn1cc(/C=N\n2c(-c3ccco3)n[nH]c2=S)c2ccccc21. The van der Waals surface area contributed by atoms with Gasteiger partial charge in [0.15, 0.2) is 5.76 Å². The van der Waals surface area contributed by atoms with Crippen LogP contribution in [0.15, 0.2) is 58.4 Å². The molecule has 24 heavy (non-hydrogen) atoms. The van der Waals surface area contributed by atoms with Crippen LogP contribution in [0.3, 0.4) is 0 Å². The summed E-state index contributed by atoms with van der Waals surface area (Å²) < 4.78 is 9.56. The molecule has 0 bridgehead atoms. The second kappa shape index (κ2) is 5.93. The first-order chi connectivity index (χ1) is 11.8. The van der Waals surface area contributed by atoms with E-state index in [-0.39, 0.29) is 0 Å². The van der Waals surface area contributed by atoms with Crippen molar-refractivity contribution in [3.05, 3.63) is 59.2 Å². The van der Waals surface area contributed by atoms with Crippen LogP contribution in [0, 0.1) is 4.77 Å². The van der Waals surface area contributed by atoms with Crippen LogP contribution in [-0.4, -0.2) is 25.7 Å². The van der Waals surface area contributed by atoms with Crippen LogP contribution in [0.2, 0.25) is 0 Å². The molecular weight excluding hydrogens is 322 g/mol. The molecule has 7 heteroatoms. The molecule has 0 aliphatic rings. The lowest BCUT2D eigenvalue weighted by Gasteiger charge is -1.97. The van der Waals surface area contributed by atoms with Crippen LogP contribution in [0.25, 0.3) is 22.5 Å². The zero-order valence-corrected chi connectivity index (χ0v) is 13.8. The number of aromatic amines is 1. The van der Waals surface area contributed by atoms with Crippen molar-refractivity contribution in [1.29, 1.82) is 0 Å². The number of nitrogens with zero attached hydrogens (tertiary/aromatic N) is 4. The maximum absolute atomic E-state index is 5.39. The predicted octanol–water partition coefficient (Wildman–Crippen LogP) is 4.06. The number of para-hydroxylation sites is 1. The molecule has 120 valence electrons. The Bertz CT molecular complexity index is 1070. The van der Waals surface area contributed by atoms with E-state index in [0.717, 1.165) is 17.5 Å². The standard InChI is InChI=1S/C17H15N5OS/c1-2-21-11-12(13-6-3-4-7-14(13)21)10-18-22-16(19-20-17(22)24)15-8-5-9-23-15/h3-11H,2H2,1H3,(H,20,24)/b18-10-. The summed E-state index contributed by atoms with van der Waals surface area (Å²) in [4.78, 5) is 0. The highest BCUT2D eigenvalue weighted by molar-refractivity contribution is 7.71. The molecule has 0 saturated heterocycles. The molecule has 4 rings (SSSR count). The van der Waals surface area contributed by atoms with Gasteiger partial charge in [0.05, 0.1) is 12.5 Å². The van der Waals surface area contributed by atoms with E-state index in [1.165, 1.54) is 5.52 Å². The minimum absolute atomic E-state index is 0.414. The number of benzene rings is 1. The summed E-state index contributed by atoms with van der Waals surface area (Å²) in [5.41, 5.74) is 2.21. The number of hydrogen-bond donors (Lipinski definition) is 1. The van der Waals surface area contributed by atoms with Crippen LogP contribution in [0.4, 0.5) is 0 Å². The van der Waals surface area contributed by atoms with Crippen molar-refractivity contribution < 1.29 is 4.42 Å². The van der Waals surface area contributed by atoms with Crippen LogP contribution >= 0.6 is 12.2 Å². The van der Waals surface area contributed by atoms with Crippen LogP contribution in [-0.2, 0) is 6.54 Å². The van der Waals surface area contributed by atoms with E-state index in [9.17, 15) is 0 Å². The molecule has 0 atom stereocenters. The largest absolute Gasteiger partial charge is 0.461 e. The second-order valence-corrected chi connectivity index (χ2v) is 5.66. The Balaban J connectivity index is 1.80. The van der Waals surface area contributed by atoms with Gasteiger partial charge in [-0.3, -0.25) is 0 Å². The lowest BCUT2D eigenvalue weighted by molar-refractivity contribution is 0.573. The highest BCUT2D eigenvalue weighted by Gasteiger charge is 2.11. The first kappa shape index (κ1) is 14.6. The Labute approximate surface area is 143 Å². The van der Waals surface area contributed by atoms with Gasteiger partial charge in [0.2, 0.25) is 10.6 Å². The summed E-state index contributed by atoms with van der Waals surface area (Å²) in [5.74, 6) is 1.15. The highest BCUT2D eigenvalue weighted by atomic mass is 32.1. The van der Waals surface area contributed by atoms with Crippen molar-refractivity contribution in [3.8, 4) is 11.6 Å². The average Bonchev–Trinajstić information content (AvgIpc) is 3.32. The lowest BCUT2D eigenvalue weighted by Crippen LogP contribution is -1.94. The number of hydrogen-bond acceptors (Lipinski definition) is 4. The molecule has 0 saturated carbocycles. The number of rotatable bonds is 4. The summed E-state index contributed by atoms with van der Waals surface area (Å²) in [7, 11) is 0. The maximum atomic E-state index is 5.39. The van der Waals surface area contributed by atoms with Gasteiger partial charge in [0, 0.05) is 29.2 Å². The second-order valence-electron chi connectivity index (χ2n) is 5.27. The summed E-state index contributed by atoms with van der Waals surface area (Å²) >= 11 is 5.27. The molecule has 0 aliphatic carbocycles. The number of nitrogens with one attached hydrogen (secondary N) is 1. The zero-order valence-electron chi connectivity index (χ0n) is 13.0. The van der Waals surface area contributed by atoms with Crippen molar-refractivity contribution in [2.45, 2.75) is 13.5 Å². The Kier molecular flexibility index (Phi) is 3.62. The molecule has 0 spiro atoms. The van der Waals surface area contributed by atoms with E-state index in [2.05, 4.69) is 45.1 Å². The fourth-order valence-corrected chi connectivity index (χ4v) is 2.90. The van der Waals surface area contributed by atoms with E-state index in [4.69, 9.17) is 16.6 Å². The summed E-state index contributed by atoms with van der Waals surface area (Å²) in [6.07, 6.45) is 5.48. The molecule has 6 nitrogen and oxygen atoms in total. The van der Waals surface area contributed by atoms with Gasteiger partial charge in [-0.2, -0.15) is 9.78 Å². The van der Waals surface area contributed by atoms with Crippen molar-refractivity contribution in [2.75, 3.05) is 0 Å². The van der Waals surface area contributed by atoms with Gasteiger partial charge in [-0.25, -0.2) is 5.10 Å². The van der Waals surface area contributed by atoms with Gasteiger partial charge < -0.3 is 8.98 Å². The Morgan fingerprint density at radius 2 is 2.17 bits per heavy atom. The number of furan rings is 1. The van der Waals surface area contributed by atoms with Crippen LogP contribution in [0.5, 0.6) is 0 Å². The minimum Gasteiger partial charge on any atom is -0.461 e. The van der Waals surface area contributed by atoms with E-state index in [0.29, 0.717) is 16.4 Å². The molecule has 3 heterocycles. The topological polar surface area (TPSA) is 64.0 Å². The quantitative estimate of drug-likeness (QED) is 0.451. The Morgan fingerprint density at radius 3 is 2.96 bits per heavy atom.